The Kier molecular flexibility index (Phi) is 4.14. The van der Waals surface area contributed by atoms with Gasteiger partial charge in [0.15, 0.2) is 5.13 Å². The number of nitrogens with two attached hydrogens (primary N) is 1. The Morgan fingerprint density at radius 2 is 2.24 bits per heavy atom. The summed E-state index contributed by atoms with van der Waals surface area (Å²) in [6.07, 6.45) is 1.06. The average molecular weight is 356 g/mol. The van der Waals surface area contributed by atoms with Crippen molar-refractivity contribution in [2.24, 2.45) is 0 Å². The topological polar surface area (TPSA) is 91.1 Å². The van der Waals surface area contributed by atoms with E-state index in [4.69, 9.17) is 10.7 Å². The second-order valence-electron chi connectivity index (χ2n) is 6.39. The molecule has 2 aromatic heterocycles. The highest BCUT2D eigenvalue weighted by Crippen LogP contribution is 2.31. The largest absolute Gasteiger partial charge is 0.369 e. The third-order valence-electron chi connectivity index (χ3n) is 4.56. The van der Waals surface area contributed by atoms with Crippen LogP contribution in [0.2, 0.25) is 0 Å². The Labute approximate surface area is 149 Å². The molecule has 4 rings (SSSR count). The van der Waals surface area contributed by atoms with Crippen LogP contribution in [0.4, 0.5) is 11.1 Å². The third kappa shape index (κ3) is 3.35. The fraction of sp³-hybridized carbons (Fsp3) is 0.353. The minimum atomic E-state index is -0.210. The minimum Gasteiger partial charge on any atom is -0.369 e. The molecule has 0 radical (unpaired) electrons. The molecule has 3 heterocycles. The number of anilines is 2. The van der Waals surface area contributed by atoms with Crippen molar-refractivity contribution in [3.8, 4) is 0 Å². The van der Waals surface area contributed by atoms with Crippen LogP contribution in [0.1, 0.15) is 12.1 Å². The van der Waals surface area contributed by atoms with Crippen molar-refractivity contribution in [3.05, 3.63) is 46.4 Å². The molecular weight excluding hydrogens is 336 g/mol. The van der Waals surface area contributed by atoms with Gasteiger partial charge in [0.2, 0.25) is 5.95 Å². The van der Waals surface area contributed by atoms with Crippen molar-refractivity contribution in [2.75, 3.05) is 30.8 Å². The van der Waals surface area contributed by atoms with Gasteiger partial charge in [0.25, 0.3) is 5.56 Å². The smallest absolute Gasteiger partial charge is 0.252 e. The van der Waals surface area contributed by atoms with Crippen LogP contribution < -0.4 is 16.2 Å². The molecule has 130 valence electrons. The zero-order valence-electron chi connectivity index (χ0n) is 14.0. The number of H-pyrrole nitrogens is 1. The summed E-state index contributed by atoms with van der Waals surface area (Å²) in [5.41, 5.74) is 7.17. The van der Waals surface area contributed by atoms with Crippen LogP contribution in [0.3, 0.4) is 0 Å². The number of hydrogen-bond acceptors (Lipinski definition) is 7. The van der Waals surface area contributed by atoms with E-state index in [1.807, 2.05) is 12.1 Å². The maximum atomic E-state index is 11.5. The molecule has 3 aromatic rings. The van der Waals surface area contributed by atoms with Gasteiger partial charge in [0.05, 0.1) is 15.9 Å². The number of hydrogen-bond donors (Lipinski definition) is 2. The molecule has 1 fully saturated rings. The van der Waals surface area contributed by atoms with E-state index in [1.54, 1.807) is 11.3 Å². The van der Waals surface area contributed by atoms with E-state index in [0.29, 0.717) is 18.3 Å². The summed E-state index contributed by atoms with van der Waals surface area (Å²) in [6.45, 7) is 2.52. The van der Waals surface area contributed by atoms with Crippen LogP contribution in [0.25, 0.3) is 10.2 Å². The average Bonchev–Trinajstić information content (AvgIpc) is 3.20. The first-order valence-corrected chi connectivity index (χ1v) is 9.06. The fourth-order valence-corrected chi connectivity index (χ4v) is 4.27. The lowest BCUT2D eigenvalue weighted by atomic mass is 10.2. The molecule has 0 aliphatic carbocycles. The fourth-order valence-electron chi connectivity index (χ4n) is 3.26. The van der Waals surface area contributed by atoms with E-state index in [0.717, 1.165) is 30.2 Å². The lowest BCUT2D eigenvalue weighted by molar-refractivity contribution is 0.247. The molecule has 3 N–H and O–H groups in total. The highest BCUT2D eigenvalue weighted by molar-refractivity contribution is 7.22. The van der Waals surface area contributed by atoms with E-state index in [-0.39, 0.29) is 11.5 Å². The molecule has 0 spiro atoms. The Morgan fingerprint density at radius 3 is 3.04 bits per heavy atom. The maximum absolute atomic E-state index is 11.5. The number of para-hydroxylation sites is 1. The first-order valence-electron chi connectivity index (χ1n) is 8.25. The summed E-state index contributed by atoms with van der Waals surface area (Å²) in [4.78, 5) is 27.5. The standard InChI is InChI=1S/C17H20N6OS/c1-22(9-11-8-15(24)21-16(18)19-11)12-6-7-23(10-12)17-20-13-4-2-3-5-14(13)25-17/h2-5,8,12H,6-7,9-10H2,1H3,(H3,18,19,21,24)/t12-/m0/s1. The Hall–Kier alpha value is -2.45. The number of benzene rings is 1. The van der Waals surface area contributed by atoms with Gasteiger partial charge >= 0.3 is 0 Å². The van der Waals surface area contributed by atoms with Gasteiger partial charge < -0.3 is 10.6 Å². The molecule has 7 nitrogen and oxygen atoms in total. The number of fused-ring (bicyclic) bond motifs is 1. The number of nitrogen functional groups attached to an aromatic ring is 1. The predicted octanol–water partition coefficient (Wildman–Crippen LogP) is 1.67. The minimum absolute atomic E-state index is 0.165. The zero-order chi connectivity index (χ0) is 17.4. The molecule has 0 amide bonds. The van der Waals surface area contributed by atoms with Crippen molar-refractivity contribution in [1.29, 1.82) is 0 Å². The Morgan fingerprint density at radius 1 is 1.40 bits per heavy atom. The molecule has 25 heavy (non-hydrogen) atoms. The molecule has 1 aromatic carbocycles. The van der Waals surface area contributed by atoms with Crippen LogP contribution in [0.5, 0.6) is 0 Å². The molecule has 8 heteroatoms. The van der Waals surface area contributed by atoms with Crippen molar-refractivity contribution < 1.29 is 0 Å². The summed E-state index contributed by atoms with van der Waals surface area (Å²) in [6, 6.07) is 10.1. The van der Waals surface area contributed by atoms with Gasteiger partial charge in [-0.1, -0.05) is 23.5 Å². The van der Waals surface area contributed by atoms with E-state index >= 15 is 0 Å². The summed E-state index contributed by atoms with van der Waals surface area (Å²) < 4.78 is 1.22. The van der Waals surface area contributed by atoms with Gasteiger partial charge in [0, 0.05) is 31.7 Å². The van der Waals surface area contributed by atoms with Gasteiger partial charge in [-0.3, -0.25) is 14.7 Å². The van der Waals surface area contributed by atoms with E-state index in [1.165, 1.54) is 10.8 Å². The predicted molar refractivity (Wildman–Crippen MR) is 101 cm³/mol. The molecule has 1 saturated heterocycles. The first-order chi connectivity index (χ1) is 12.1. The molecule has 0 bridgehead atoms. The molecular formula is C17H20N6OS. The summed E-state index contributed by atoms with van der Waals surface area (Å²) in [5, 5.41) is 1.08. The van der Waals surface area contributed by atoms with E-state index < -0.39 is 0 Å². The zero-order valence-corrected chi connectivity index (χ0v) is 14.8. The van der Waals surface area contributed by atoms with Crippen molar-refractivity contribution in [1.82, 2.24) is 19.9 Å². The van der Waals surface area contributed by atoms with Gasteiger partial charge in [-0.15, -0.1) is 0 Å². The lowest BCUT2D eigenvalue weighted by Crippen LogP contribution is -2.34. The SMILES string of the molecule is CN(Cc1cc(=O)[nH]c(N)n1)[C@H]1CCN(c2nc3ccccc3s2)C1. The second kappa shape index (κ2) is 6.45. The Balaban J connectivity index is 1.45. The van der Waals surface area contributed by atoms with Crippen LogP contribution in [0.15, 0.2) is 35.1 Å². The summed E-state index contributed by atoms with van der Waals surface area (Å²) in [5.74, 6) is 0.165. The van der Waals surface area contributed by atoms with Gasteiger partial charge in [-0.25, -0.2) is 9.97 Å². The number of aromatic nitrogens is 3. The number of aromatic amines is 1. The van der Waals surface area contributed by atoms with Crippen LogP contribution in [-0.2, 0) is 6.54 Å². The normalized spacial score (nSPS) is 17.7. The number of nitrogens with one attached hydrogen (secondary N) is 1. The molecule has 1 atom stereocenters. The van der Waals surface area contributed by atoms with Gasteiger partial charge in [-0.2, -0.15) is 0 Å². The number of thiazole rings is 1. The molecule has 1 aliphatic rings. The van der Waals surface area contributed by atoms with Crippen molar-refractivity contribution >= 4 is 32.6 Å². The molecule has 1 aliphatic heterocycles. The molecule has 0 saturated carbocycles. The summed E-state index contributed by atoms with van der Waals surface area (Å²) in [7, 11) is 2.06. The van der Waals surface area contributed by atoms with Crippen LogP contribution >= 0.6 is 11.3 Å². The van der Waals surface area contributed by atoms with Crippen molar-refractivity contribution in [2.45, 2.75) is 19.0 Å². The molecule has 0 unspecified atom stereocenters. The summed E-state index contributed by atoms with van der Waals surface area (Å²) >= 11 is 1.74. The maximum Gasteiger partial charge on any atom is 0.252 e. The Bertz CT molecular complexity index is 918. The monoisotopic (exact) mass is 356 g/mol. The quantitative estimate of drug-likeness (QED) is 0.739. The lowest BCUT2D eigenvalue weighted by Gasteiger charge is -2.24. The number of rotatable bonds is 4. The highest BCUT2D eigenvalue weighted by atomic mass is 32.1. The number of nitrogens with zero attached hydrogens (tertiary/aromatic N) is 4. The first kappa shape index (κ1) is 16.0. The van der Waals surface area contributed by atoms with E-state index in [9.17, 15) is 4.79 Å². The van der Waals surface area contributed by atoms with Crippen LogP contribution in [0, 0.1) is 0 Å². The third-order valence-corrected chi connectivity index (χ3v) is 5.66. The second-order valence-corrected chi connectivity index (χ2v) is 7.40. The van der Waals surface area contributed by atoms with Crippen LogP contribution in [-0.4, -0.2) is 46.0 Å². The van der Waals surface area contributed by atoms with E-state index in [2.05, 4.69) is 38.9 Å². The van der Waals surface area contributed by atoms with Crippen molar-refractivity contribution in [3.63, 3.8) is 0 Å². The highest BCUT2D eigenvalue weighted by Gasteiger charge is 2.27. The van der Waals surface area contributed by atoms with Gasteiger partial charge in [0.1, 0.15) is 0 Å². The van der Waals surface area contributed by atoms with Gasteiger partial charge in [-0.05, 0) is 25.6 Å². The number of likely N-dealkylation sites (N-methyl/N-ethyl adjacent to an activating group) is 1.